The van der Waals surface area contributed by atoms with Crippen molar-refractivity contribution in [2.45, 2.75) is 13.3 Å². The van der Waals surface area contributed by atoms with Crippen LogP contribution in [0, 0.1) is 0 Å². The Labute approximate surface area is 157 Å². The van der Waals surface area contributed by atoms with Crippen molar-refractivity contribution in [1.29, 1.82) is 0 Å². The highest BCUT2D eigenvalue weighted by Crippen LogP contribution is 2.22. The van der Waals surface area contributed by atoms with E-state index >= 15 is 0 Å². The Morgan fingerprint density at radius 3 is 2.63 bits per heavy atom. The maximum absolute atomic E-state index is 12.6. The summed E-state index contributed by atoms with van der Waals surface area (Å²) in [5, 5.41) is 5.08. The van der Waals surface area contributed by atoms with E-state index < -0.39 is 0 Å². The zero-order valence-electron chi connectivity index (χ0n) is 15.4. The molecule has 0 spiro atoms. The third-order valence-corrected chi connectivity index (χ3v) is 4.23. The minimum atomic E-state index is 0.0319. The fourth-order valence-corrected chi connectivity index (χ4v) is 2.75. The molecule has 2 aromatic carbocycles. The van der Waals surface area contributed by atoms with Crippen molar-refractivity contribution in [3.8, 4) is 5.75 Å². The molecule has 6 heteroatoms. The number of fused-ring (bicyclic) bond motifs is 1. The fourth-order valence-electron chi connectivity index (χ4n) is 2.75. The van der Waals surface area contributed by atoms with Gasteiger partial charge >= 0.3 is 0 Å². The summed E-state index contributed by atoms with van der Waals surface area (Å²) in [5.41, 5.74) is 12.2. The maximum Gasteiger partial charge on any atom is 0.183 e. The average Bonchev–Trinajstić information content (AvgIpc) is 3.10. The number of nitrogens with one attached hydrogen (secondary N) is 2. The third kappa shape index (κ3) is 4.36. The van der Waals surface area contributed by atoms with Gasteiger partial charge in [0.2, 0.25) is 0 Å². The number of nitrogens with zero attached hydrogens (tertiary/aromatic N) is 1. The number of rotatable bonds is 7. The predicted molar refractivity (Wildman–Crippen MR) is 108 cm³/mol. The number of aromatic amines is 1. The Hall–Kier alpha value is -3.54. The first-order valence-electron chi connectivity index (χ1n) is 8.50. The van der Waals surface area contributed by atoms with Crippen molar-refractivity contribution in [2.24, 2.45) is 10.8 Å². The molecule has 0 atom stereocenters. The Morgan fingerprint density at radius 2 is 1.96 bits per heavy atom. The molecule has 0 aliphatic carbocycles. The molecule has 0 saturated heterocycles. The van der Waals surface area contributed by atoms with E-state index in [2.05, 4.69) is 22.1 Å². The van der Waals surface area contributed by atoms with Gasteiger partial charge < -0.3 is 15.5 Å². The lowest BCUT2D eigenvalue weighted by atomic mass is 10.0. The first kappa shape index (κ1) is 18.3. The van der Waals surface area contributed by atoms with Crippen molar-refractivity contribution >= 4 is 22.4 Å². The number of hydrogen-bond acceptors (Lipinski definition) is 5. The maximum atomic E-state index is 12.6. The van der Waals surface area contributed by atoms with Crippen molar-refractivity contribution in [1.82, 2.24) is 10.4 Å². The molecule has 0 fully saturated rings. The summed E-state index contributed by atoms with van der Waals surface area (Å²) in [5.74, 6) is 1.08. The van der Waals surface area contributed by atoms with E-state index in [1.54, 1.807) is 7.11 Å². The van der Waals surface area contributed by atoms with Crippen LogP contribution in [0.1, 0.15) is 28.5 Å². The highest BCUT2D eigenvalue weighted by Gasteiger charge is 2.11. The monoisotopic (exact) mass is 362 g/mol. The largest absolute Gasteiger partial charge is 0.497 e. The second-order valence-corrected chi connectivity index (χ2v) is 6.27. The minimum Gasteiger partial charge on any atom is -0.497 e. The highest BCUT2D eigenvalue weighted by molar-refractivity contribution is 6.01. The lowest BCUT2D eigenvalue weighted by Gasteiger charge is -2.04. The van der Waals surface area contributed by atoms with Gasteiger partial charge in [-0.15, -0.1) is 0 Å². The molecule has 0 saturated carbocycles. The second kappa shape index (κ2) is 7.78. The fraction of sp³-hybridized carbons (Fsp3) is 0.143. The Balaban J connectivity index is 1.72. The van der Waals surface area contributed by atoms with Crippen molar-refractivity contribution < 1.29 is 9.53 Å². The number of nitrogens with two attached hydrogens (primary N) is 1. The third-order valence-electron chi connectivity index (χ3n) is 4.23. The molecule has 27 heavy (non-hydrogen) atoms. The van der Waals surface area contributed by atoms with E-state index in [0.29, 0.717) is 12.1 Å². The van der Waals surface area contributed by atoms with Gasteiger partial charge in [-0.25, -0.2) is 0 Å². The van der Waals surface area contributed by atoms with Gasteiger partial charge in [-0.2, -0.15) is 5.10 Å². The Morgan fingerprint density at radius 1 is 1.22 bits per heavy atom. The SMILES string of the molecule is C=C(N)N/N=C(\C)c1ccc(CC(=O)c2cc3cc(OC)ccc3[nH]2)cc1. The first-order chi connectivity index (χ1) is 13.0. The first-order valence-corrected chi connectivity index (χ1v) is 8.50. The molecule has 0 bridgehead atoms. The number of hydrogen-bond donors (Lipinski definition) is 3. The van der Waals surface area contributed by atoms with Crippen LogP contribution in [-0.2, 0) is 6.42 Å². The molecule has 3 rings (SSSR count). The van der Waals surface area contributed by atoms with Crippen LogP contribution in [0.15, 0.2) is 66.0 Å². The number of benzene rings is 2. The molecular formula is C21H22N4O2. The summed E-state index contributed by atoms with van der Waals surface area (Å²) in [6.07, 6.45) is 0.318. The summed E-state index contributed by atoms with van der Waals surface area (Å²) < 4.78 is 5.22. The summed E-state index contributed by atoms with van der Waals surface area (Å²) in [6.45, 7) is 5.40. The number of aromatic nitrogens is 1. The van der Waals surface area contributed by atoms with E-state index in [4.69, 9.17) is 10.5 Å². The van der Waals surface area contributed by atoms with Crippen molar-refractivity contribution in [2.75, 3.05) is 7.11 Å². The van der Waals surface area contributed by atoms with Gasteiger partial charge in [-0.1, -0.05) is 30.8 Å². The molecule has 0 unspecified atom stereocenters. The number of ketones is 1. The predicted octanol–water partition coefficient (Wildman–Crippen LogP) is 3.35. The van der Waals surface area contributed by atoms with Crippen LogP contribution in [0.5, 0.6) is 5.75 Å². The van der Waals surface area contributed by atoms with Crippen molar-refractivity contribution in [3.05, 3.63) is 77.8 Å². The second-order valence-electron chi connectivity index (χ2n) is 6.27. The summed E-state index contributed by atoms with van der Waals surface area (Å²) >= 11 is 0. The molecule has 6 nitrogen and oxygen atoms in total. The minimum absolute atomic E-state index is 0.0319. The molecule has 0 radical (unpaired) electrons. The Kier molecular flexibility index (Phi) is 5.26. The zero-order chi connectivity index (χ0) is 19.4. The van der Waals surface area contributed by atoms with Crippen LogP contribution in [0.2, 0.25) is 0 Å². The summed E-state index contributed by atoms with van der Waals surface area (Å²) in [6, 6.07) is 15.2. The lowest BCUT2D eigenvalue weighted by molar-refractivity contribution is 0.0989. The van der Waals surface area contributed by atoms with E-state index in [1.807, 2.05) is 55.5 Å². The van der Waals surface area contributed by atoms with Gasteiger partial charge in [0, 0.05) is 17.3 Å². The highest BCUT2D eigenvalue weighted by atomic mass is 16.5. The van der Waals surface area contributed by atoms with Gasteiger partial charge in [-0.05, 0) is 42.3 Å². The molecule has 0 aliphatic heterocycles. The number of carbonyl (C=O) groups is 1. The Bertz CT molecular complexity index is 1020. The smallest absolute Gasteiger partial charge is 0.183 e. The molecule has 0 aliphatic rings. The lowest BCUT2D eigenvalue weighted by Crippen LogP contribution is -2.14. The topological polar surface area (TPSA) is 92.5 Å². The molecule has 4 N–H and O–H groups in total. The summed E-state index contributed by atoms with van der Waals surface area (Å²) in [7, 11) is 1.62. The van der Waals surface area contributed by atoms with E-state index in [9.17, 15) is 4.79 Å². The number of hydrazone groups is 1. The molecule has 0 amide bonds. The molecule has 138 valence electrons. The van der Waals surface area contributed by atoms with Gasteiger partial charge in [-0.3, -0.25) is 10.2 Å². The molecule has 1 heterocycles. The van der Waals surface area contributed by atoms with Gasteiger partial charge in [0.15, 0.2) is 5.78 Å². The van der Waals surface area contributed by atoms with Gasteiger partial charge in [0.25, 0.3) is 0 Å². The van der Waals surface area contributed by atoms with Crippen molar-refractivity contribution in [3.63, 3.8) is 0 Å². The molecule has 1 aromatic heterocycles. The van der Waals surface area contributed by atoms with Crippen LogP contribution >= 0.6 is 0 Å². The number of carbonyl (C=O) groups excluding carboxylic acids is 1. The normalized spacial score (nSPS) is 11.4. The molecule has 3 aromatic rings. The average molecular weight is 362 g/mol. The standard InChI is InChI=1S/C21H22N4O2/c1-13(24-25-14(2)22)16-6-4-15(5-7-16)10-21(26)20-12-17-11-18(27-3)8-9-19(17)23-20/h4-9,11-12,23,25H,2,10,22H2,1,3H3/b24-13+. The number of H-pyrrole nitrogens is 1. The van der Waals surface area contributed by atoms with E-state index in [1.165, 1.54) is 0 Å². The van der Waals surface area contributed by atoms with Crippen LogP contribution in [-0.4, -0.2) is 23.6 Å². The molecular weight excluding hydrogens is 340 g/mol. The number of methoxy groups -OCH3 is 1. The van der Waals surface area contributed by atoms with E-state index in [-0.39, 0.29) is 11.6 Å². The quantitative estimate of drug-likeness (QED) is 0.341. The summed E-state index contributed by atoms with van der Waals surface area (Å²) in [4.78, 5) is 15.8. The van der Waals surface area contributed by atoms with Crippen LogP contribution in [0.25, 0.3) is 10.9 Å². The van der Waals surface area contributed by atoms with Crippen LogP contribution in [0.4, 0.5) is 0 Å². The van der Waals surface area contributed by atoms with Crippen LogP contribution < -0.4 is 15.9 Å². The van der Waals surface area contributed by atoms with Crippen LogP contribution in [0.3, 0.4) is 0 Å². The zero-order valence-corrected chi connectivity index (χ0v) is 15.4. The number of ether oxygens (including phenoxy) is 1. The van der Waals surface area contributed by atoms with Gasteiger partial charge in [0.1, 0.15) is 11.6 Å². The number of Topliss-reactive ketones (excluding diaryl/α,β-unsaturated/α-hetero) is 1. The van der Waals surface area contributed by atoms with E-state index in [0.717, 1.165) is 33.5 Å². The van der Waals surface area contributed by atoms with Gasteiger partial charge in [0.05, 0.1) is 18.5 Å².